The number of nitrogens with zero attached hydrogens (tertiary/aromatic N) is 3. The molecule has 0 N–H and O–H groups in total. The molecule has 2 heterocycles. The summed E-state index contributed by atoms with van der Waals surface area (Å²) in [4.78, 5) is 18.6. The van der Waals surface area contributed by atoms with Gasteiger partial charge >= 0.3 is 0 Å². The molecule has 1 aliphatic rings. The van der Waals surface area contributed by atoms with Crippen LogP contribution in [0.3, 0.4) is 0 Å². The van der Waals surface area contributed by atoms with Gasteiger partial charge in [0.05, 0.1) is 18.6 Å². The fraction of sp³-hybridized carbons (Fsp3) is 0.412. The fourth-order valence-electron chi connectivity index (χ4n) is 2.70. The number of rotatable bonds is 3. The maximum Gasteiger partial charge on any atom is 0.263 e. The van der Waals surface area contributed by atoms with Crippen LogP contribution in [0.2, 0.25) is 0 Å². The van der Waals surface area contributed by atoms with E-state index >= 15 is 0 Å². The Hall–Kier alpha value is -2.30. The Labute approximate surface area is 130 Å². The second kappa shape index (κ2) is 5.83. The number of ether oxygens (including phenoxy) is 1. The highest BCUT2D eigenvalue weighted by atomic mass is 16.5. The van der Waals surface area contributed by atoms with Crippen molar-refractivity contribution in [2.45, 2.75) is 40.0 Å². The Morgan fingerprint density at radius 2 is 2.14 bits per heavy atom. The van der Waals surface area contributed by atoms with Gasteiger partial charge in [-0.05, 0) is 38.0 Å². The molecule has 1 atom stereocenters. The van der Waals surface area contributed by atoms with Gasteiger partial charge in [0.2, 0.25) is 0 Å². The van der Waals surface area contributed by atoms with Crippen LogP contribution in [0.4, 0.5) is 0 Å². The Morgan fingerprint density at radius 3 is 2.95 bits per heavy atom. The lowest BCUT2D eigenvalue weighted by Gasteiger charge is -2.30. The molecule has 1 aliphatic heterocycles. The Balaban J connectivity index is 1.69. The summed E-state index contributed by atoms with van der Waals surface area (Å²) in [5.41, 5.74) is 3.24. The van der Waals surface area contributed by atoms with Crippen LogP contribution < -0.4 is 4.74 Å². The number of benzene rings is 1. The Morgan fingerprint density at radius 1 is 1.32 bits per heavy atom. The molecule has 1 aromatic heterocycles. The highest BCUT2D eigenvalue weighted by Gasteiger charge is 2.26. The molecule has 0 aliphatic carbocycles. The monoisotopic (exact) mass is 299 g/mol. The number of imidazole rings is 1. The zero-order valence-corrected chi connectivity index (χ0v) is 13.2. The maximum absolute atomic E-state index is 12.6. The van der Waals surface area contributed by atoms with Gasteiger partial charge in [0.1, 0.15) is 5.75 Å². The summed E-state index contributed by atoms with van der Waals surface area (Å²) >= 11 is 0. The first kappa shape index (κ1) is 14.6. The summed E-state index contributed by atoms with van der Waals surface area (Å²) in [5.74, 6) is 0.802. The lowest BCUT2D eigenvalue weighted by Crippen LogP contribution is -2.44. The molecule has 0 radical (unpaired) electrons. The second-order valence-corrected chi connectivity index (χ2v) is 5.87. The van der Waals surface area contributed by atoms with Gasteiger partial charge in [-0.25, -0.2) is 4.98 Å². The van der Waals surface area contributed by atoms with Crippen LogP contribution in [0, 0.1) is 13.8 Å². The maximum atomic E-state index is 12.6. The predicted molar refractivity (Wildman–Crippen MR) is 83.7 cm³/mol. The molecule has 1 amide bonds. The number of carbonyl (C=O) groups is 1. The number of carbonyl (C=O) groups excluding carboxylic acids is 1. The van der Waals surface area contributed by atoms with Crippen LogP contribution in [0.25, 0.3) is 0 Å². The first-order chi connectivity index (χ1) is 10.5. The van der Waals surface area contributed by atoms with Gasteiger partial charge in [0.15, 0.2) is 6.10 Å². The Bertz CT molecular complexity index is 693. The number of aryl methyl sites for hydroxylation is 2. The van der Waals surface area contributed by atoms with Gasteiger partial charge in [-0.3, -0.25) is 4.79 Å². The molecule has 116 valence electrons. The van der Waals surface area contributed by atoms with E-state index in [-0.39, 0.29) is 5.91 Å². The zero-order chi connectivity index (χ0) is 15.7. The highest BCUT2D eigenvalue weighted by molar-refractivity contribution is 5.81. The van der Waals surface area contributed by atoms with Crippen LogP contribution in [0.15, 0.2) is 30.7 Å². The van der Waals surface area contributed by atoms with Gasteiger partial charge in [-0.15, -0.1) is 0 Å². The Kier molecular flexibility index (Phi) is 3.88. The quantitative estimate of drug-likeness (QED) is 0.874. The smallest absolute Gasteiger partial charge is 0.263 e. The molecule has 3 rings (SSSR count). The summed E-state index contributed by atoms with van der Waals surface area (Å²) in [6.07, 6.45) is 3.14. The summed E-state index contributed by atoms with van der Waals surface area (Å²) in [6, 6.07) is 6.03. The van der Waals surface area contributed by atoms with E-state index in [1.165, 1.54) is 0 Å². The summed E-state index contributed by atoms with van der Waals surface area (Å²) in [5, 5.41) is 0. The van der Waals surface area contributed by atoms with Gasteiger partial charge in [0, 0.05) is 19.3 Å². The van der Waals surface area contributed by atoms with Gasteiger partial charge in [-0.2, -0.15) is 0 Å². The van der Waals surface area contributed by atoms with Crippen molar-refractivity contribution in [1.82, 2.24) is 14.5 Å². The molecule has 5 nitrogen and oxygen atoms in total. The van der Waals surface area contributed by atoms with Crippen molar-refractivity contribution in [2.24, 2.45) is 0 Å². The molecule has 0 spiro atoms. The number of fused-ring (bicyclic) bond motifs is 1. The van der Waals surface area contributed by atoms with Crippen molar-refractivity contribution in [3.05, 3.63) is 47.5 Å². The van der Waals surface area contributed by atoms with Crippen molar-refractivity contribution >= 4 is 5.91 Å². The van der Waals surface area contributed by atoms with Gasteiger partial charge in [-0.1, -0.05) is 12.1 Å². The number of amides is 1. The molecule has 5 heteroatoms. The molecule has 0 fully saturated rings. The van der Waals surface area contributed by atoms with E-state index in [1.807, 2.05) is 56.4 Å². The van der Waals surface area contributed by atoms with Crippen molar-refractivity contribution in [1.29, 1.82) is 0 Å². The molecule has 0 saturated heterocycles. The van der Waals surface area contributed by atoms with Crippen molar-refractivity contribution in [3.8, 4) is 5.75 Å². The van der Waals surface area contributed by atoms with Crippen LogP contribution >= 0.6 is 0 Å². The summed E-state index contributed by atoms with van der Waals surface area (Å²) in [6.45, 7) is 7.91. The van der Waals surface area contributed by atoms with E-state index in [4.69, 9.17) is 4.74 Å². The minimum absolute atomic E-state index is 0.0216. The molecule has 0 saturated carbocycles. The van der Waals surface area contributed by atoms with E-state index in [0.717, 1.165) is 29.1 Å². The largest absolute Gasteiger partial charge is 0.481 e. The lowest BCUT2D eigenvalue weighted by molar-refractivity contribution is -0.139. The van der Waals surface area contributed by atoms with Gasteiger partial charge in [0.25, 0.3) is 5.91 Å². The normalized spacial score (nSPS) is 15.3. The fourth-order valence-corrected chi connectivity index (χ4v) is 2.70. The summed E-state index contributed by atoms with van der Waals surface area (Å²) in [7, 11) is 0. The number of aromatic nitrogens is 2. The minimum atomic E-state index is -0.491. The van der Waals surface area contributed by atoms with E-state index in [1.54, 1.807) is 0 Å². The molecule has 2 aromatic rings. The van der Waals surface area contributed by atoms with E-state index in [9.17, 15) is 4.79 Å². The standard InChI is InChI=1S/C17H21N3O2/c1-12-4-5-13(2)16(8-12)22-14(3)17(21)19-6-7-20-11-18-9-15(20)10-19/h4-5,8-9,11,14H,6-7,10H2,1-3H3/t14-/m0/s1. The van der Waals surface area contributed by atoms with E-state index in [2.05, 4.69) is 9.55 Å². The van der Waals surface area contributed by atoms with Crippen LogP contribution in [-0.4, -0.2) is 33.0 Å². The molecule has 0 bridgehead atoms. The third kappa shape index (κ3) is 2.84. The average Bonchev–Trinajstić information content (AvgIpc) is 2.97. The van der Waals surface area contributed by atoms with Crippen LogP contribution in [0.5, 0.6) is 5.75 Å². The molecule has 1 aromatic carbocycles. The molecular formula is C17H21N3O2. The third-order valence-electron chi connectivity index (χ3n) is 4.07. The number of hydrogen-bond donors (Lipinski definition) is 0. The summed E-state index contributed by atoms with van der Waals surface area (Å²) < 4.78 is 7.98. The first-order valence-electron chi connectivity index (χ1n) is 7.56. The van der Waals surface area contributed by atoms with Crippen molar-refractivity contribution < 1.29 is 9.53 Å². The minimum Gasteiger partial charge on any atom is -0.481 e. The molecule has 0 unspecified atom stereocenters. The van der Waals surface area contributed by atoms with Gasteiger partial charge < -0.3 is 14.2 Å². The van der Waals surface area contributed by atoms with Crippen LogP contribution in [-0.2, 0) is 17.9 Å². The second-order valence-electron chi connectivity index (χ2n) is 5.87. The first-order valence-corrected chi connectivity index (χ1v) is 7.56. The number of hydrogen-bond acceptors (Lipinski definition) is 3. The molecule has 22 heavy (non-hydrogen) atoms. The van der Waals surface area contributed by atoms with E-state index in [0.29, 0.717) is 13.1 Å². The molecular weight excluding hydrogens is 278 g/mol. The van der Waals surface area contributed by atoms with E-state index < -0.39 is 6.10 Å². The highest BCUT2D eigenvalue weighted by Crippen LogP contribution is 2.21. The predicted octanol–water partition coefficient (Wildman–Crippen LogP) is 2.31. The average molecular weight is 299 g/mol. The SMILES string of the molecule is Cc1ccc(C)c(O[C@@H](C)C(=O)N2CCn3cncc3C2)c1. The van der Waals surface area contributed by atoms with Crippen molar-refractivity contribution in [3.63, 3.8) is 0 Å². The topological polar surface area (TPSA) is 47.4 Å². The lowest BCUT2D eigenvalue weighted by atomic mass is 10.1. The zero-order valence-electron chi connectivity index (χ0n) is 13.2. The third-order valence-corrected chi connectivity index (χ3v) is 4.07. The van der Waals surface area contributed by atoms with Crippen molar-refractivity contribution in [2.75, 3.05) is 6.54 Å². The van der Waals surface area contributed by atoms with Crippen LogP contribution in [0.1, 0.15) is 23.7 Å².